The minimum atomic E-state index is -1.29. The number of esters is 2. The highest BCUT2D eigenvalue weighted by Crippen LogP contribution is 2.30. The first-order chi connectivity index (χ1) is 12.3. The van der Waals surface area contributed by atoms with Crippen LogP contribution < -0.4 is 9.97 Å². The zero-order valence-corrected chi connectivity index (χ0v) is 15.0. The Morgan fingerprint density at radius 2 is 2.08 bits per heavy atom. The van der Waals surface area contributed by atoms with Gasteiger partial charge in [0.1, 0.15) is 11.3 Å². The minimum absolute atomic E-state index is 0.113. The van der Waals surface area contributed by atoms with Crippen LogP contribution >= 0.6 is 0 Å². The van der Waals surface area contributed by atoms with E-state index in [1.807, 2.05) is 0 Å². The number of hydrogen-bond donors (Lipinski definition) is 2. The minimum Gasteiger partial charge on any atom is -0.534 e. The second-order valence-corrected chi connectivity index (χ2v) is 6.20. The number of hydrogen-bond acceptors (Lipinski definition) is 7. The molecule has 1 amide bonds. The summed E-state index contributed by atoms with van der Waals surface area (Å²) < 4.78 is 15.2. The number of carbonyl (C=O) groups is 3. The second-order valence-electron chi connectivity index (χ2n) is 6.20. The van der Waals surface area contributed by atoms with Crippen molar-refractivity contribution in [3.05, 3.63) is 29.3 Å². The quantitative estimate of drug-likeness (QED) is 0.438. The van der Waals surface area contributed by atoms with Gasteiger partial charge in [0, 0.05) is 6.42 Å². The lowest BCUT2D eigenvalue weighted by atomic mass is 9.72. The van der Waals surface area contributed by atoms with Crippen LogP contribution in [0.5, 0.6) is 5.75 Å². The Hall–Kier alpha value is -2.55. The highest BCUT2D eigenvalue weighted by atomic mass is 16.7. The van der Waals surface area contributed by atoms with Crippen molar-refractivity contribution in [2.45, 2.75) is 39.6 Å². The van der Waals surface area contributed by atoms with E-state index in [2.05, 4.69) is 5.32 Å². The number of carbonyl (C=O) groups excluding carboxylic acids is 3. The van der Waals surface area contributed by atoms with Crippen molar-refractivity contribution in [1.82, 2.24) is 5.32 Å². The lowest BCUT2D eigenvalue weighted by molar-refractivity contribution is -0.155. The number of fused-ring (bicyclic) bond motifs is 1. The third kappa shape index (κ3) is 4.75. The zero-order chi connectivity index (χ0) is 19.3. The van der Waals surface area contributed by atoms with Gasteiger partial charge >= 0.3 is 19.1 Å². The lowest BCUT2D eigenvalue weighted by Gasteiger charge is -2.29. The fraction of sp³-hybridized carbons (Fsp3) is 0.471. The lowest BCUT2D eigenvalue weighted by Crippen LogP contribution is -2.53. The molecule has 0 aromatic heterocycles. The van der Waals surface area contributed by atoms with Crippen molar-refractivity contribution in [1.29, 1.82) is 0 Å². The molecule has 9 heteroatoms. The van der Waals surface area contributed by atoms with Crippen molar-refractivity contribution in [3.63, 3.8) is 0 Å². The van der Waals surface area contributed by atoms with Gasteiger partial charge in [-0.1, -0.05) is 32.9 Å². The molecule has 0 fully saturated rings. The van der Waals surface area contributed by atoms with E-state index < -0.39 is 31.8 Å². The standard InChI is InChI=1S/C17H22BNO7/c1-4-14(20)19-13-8-11-6-5-7-12(15(11)26-18(13)23)17(22)25-9-24-16(21)10(2)3/h5-7,10,13,23H,4,8-9H2,1-3H3,(H,19,20)/t13-/m0/s1. The number of ether oxygens (including phenoxy) is 2. The van der Waals surface area contributed by atoms with Crippen LogP contribution in [0.2, 0.25) is 0 Å². The summed E-state index contributed by atoms with van der Waals surface area (Å²) in [6.07, 6.45) is 0.600. The second kappa shape index (κ2) is 8.71. The molecule has 1 heterocycles. The van der Waals surface area contributed by atoms with Crippen LogP contribution in [0.3, 0.4) is 0 Å². The van der Waals surface area contributed by atoms with Crippen molar-refractivity contribution in [3.8, 4) is 5.75 Å². The van der Waals surface area contributed by atoms with E-state index in [0.29, 0.717) is 12.0 Å². The van der Waals surface area contributed by atoms with Gasteiger partial charge in [-0.3, -0.25) is 9.59 Å². The van der Waals surface area contributed by atoms with Gasteiger partial charge in [0.05, 0.1) is 11.9 Å². The normalized spacial score (nSPS) is 15.7. The molecule has 0 saturated carbocycles. The number of amides is 1. The number of rotatable bonds is 6. The summed E-state index contributed by atoms with van der Waals surface area (Å²) in [6.45, 7) is 4.54. The first-order valence-electron chi connectivity index (χ1n) is 8.43. The molecule has 26 heavy (non-hydrogen) atoms. The molecule has 1 aromatic rings. The summed E-state index contributed by atoms with van der Waals surface area (Å²) in [4.78, 5) is 35.2. The van der Waals surface area contributed by atoms with Crippen molar-refractivity contribution in [2.75, 3.05) is 6.79 Å². The number of nitrogens with one attached hydrogen (secondary N) is 1. The maximum atomic E-state index is 12.2. The molecule has 1 aliphatic rings. The molecule has 2 rings (SSSR count). The third-order valence-corrected chi connectivity index (χ3v) is 3.87. The molecule has 0 radical (unpaired) electrons. The Morgan fingerprint density at radius 1 is 1.35 bits per heavy atom. The zero-order valence-electron chi connectivity index (χ0n) is 15.0. The first kappa shape index (κ1) is 19.8. The van der Waals surface area contributed by atoms with E-state index in [1.54, 1.807) is 32.9 Å². The summed E-state index contributed by atoms with van der Waals surface area (Å²) in [5.41, 5.74) is 0.771. The number of para-hydroxylation sites is 1. The summed E-state index contributed by atoms with van der Waals surface area (Å²) in [5.74, 6) is -2.15. The Bertz CT molecular complexity index is 692. The van der Waals surface area contributed by atoms with Gasteiger partial charge in [0.15, 0.2) is 0 Å². The fourth-order valence-electron chi connectivity index (χ4n) is 2.40. The summed E-state index contributed by atoms with van der Waals surface area (Å²) >= 11 is 0. The van der Waals surface area contributed by atoms with Gasteiger partial charge in [-0.2, -0.15) is 0 Å². The molecule has 1 aliphatic heterocycles. The van der Waals surface area contributed by atoms with Crippen LogP contribution in [-0.2, 0) is 25.5 Å². The van der Waals surface area contributed by atoms with Crippen LogP contribution in [-0.4, -0.2) is 42.7 Å². The fourth-order valence-corrected chi connectivity index (χ4v) is 2.40. The van der Waals surface area contributed by atoms with Gasteiger partial charge < -0.3 is 24.5 Å². The third-order valence-electron chi connectivity index (χ3n) is 3.87. The Morgan fingerprint density at radius 3 is 2.73 bits per heavy atom. The largest absolute Gasteiger partial charge is 0.547 e. The van der Waals surface area contributed by atoms with Gasteiger partial charge in [-0.05, 0) is 18.1 Å². The molecule has 0 bridgehead atoms. The molecule has 1 aromatic carbocycles. The van der Waals surface area contributed by atoms with Crippen LogP contribution in [0.25, 0.3) is 0 Å². The SMILES string of the molecule is CCC(=O)N[C@H]1Cc2cccc(C(=O)OCOC(=O)C(C)C)c2OB1O. The highest BCUT2D eigenvalue weighted by Gasteiger charge is 2.37. The van der Waals surface area contributed by atoms with Gasteiger partial charge in [-0.25, -0.2) is 4.79 Å². The van der Waals surface area contributed by atoms with E-state index in [-0.39, 0.29) is 29.6 Å². The molecule has 2 N–H and O–H groups in total. The molecular weight excluding hydrogens is 341 g/mol. The molecule has 0 spiro atoms. The predicted molar refractivity (Wildman–Crippen MR) is 92.2 cm³/mol. The maximum Gasteiger partial charge on any atom is 0.547 e. The Kier molecular flexibility index (Phi) is 6.62. The Labute approximate surface area is 152 Å². The van der Waals surface area contributed by atoms with Gasteiger partial charge in [0.25, 0.3) is 0 Å². The monoisotopic (exact) mass is 363 g/mol. The Balaban J connectivity index is 2.07. The van der Waals surface area contributed by atoms with E-state index in [4.69, 9.17) is 14.1 Å². The summed E-state index contributed by atoms with van der Waals surface area (Å²) in [7, 11) is -1.29. The molecule has 0 saturated heterocycles. The van der Waals surface area contributed by atoms with Crippen molar-refractivity contribution < 1.29 is 33.5 Å². The van der Waals surface area contributed by atoms with Crippen LogP contribution in [0.15, 0.2) is 18.2 Å². The smallest absolute Gasteiger partial charge is 0.534 e. The van der Waals surface area contributed by atoms with Gasteiger partial charge in [0.2, 0.25) is 12.7 Å². The molecular formula is C17H22BNO7. The van der Waals surface area contributed by atoms with Gasteiger partial charge in [-0.15, -0.1) is 0 Å². The van der Waals surface area contributed by atoms with Crippen molar-refractivity contribution >= 4 is 25.0 Å². The summed E-state index contributed by atoms with van der Waals surface area (Å²) in [5, 5.41) is 12.8. The average molecular weight is 363 g/mol. The highest BCUT2D eigenvalue weighted by molar-refractivity contribution is 6.47. The average Bonchev–Trinajstić information content (AvgIpc) is 2.61. The molecule has 0 aliphatic carbocycles. The number of benzene rings is 1. The van der Waals surface area contributed by atoms with E-state index in [0.717, 1.165) is 0 Å². The van der Waals surface area contributed by atoms with Crippen LogP contribution in [0.1, 0.15) is 43.1 Å². The molecule has 0 unspecified atom stereocenters. The molecule has 8 nitrogen and oxygen atoms in total. The predicted octanol–water partition coefficient (Wildman–Crippen LogP) is 0.849. The van der Waals surface area contributed by atoms with E-state index in [9.17, 15) is 19.4 Å². The van der Waals surface area contributed by atoms with Crippen LogP contribution in [0.4, 0.5) is 0 Å². The molecule has 140 valence electrons. The maximum absolute atomic E-state index is 12.2. The topological polar surface area (TPSA) is 111 Å². The van der Waals surface area contributed by atoms with Crippen molar-refractivity contribution in [2.24, 2.45) is 5.92 Å². The molecule has 1 atom stereocenters. The van der Waals surface area contributed by atoms with E-state index in [1.165, 1.54) is 6.07 Å². The van der Waals surface area contributed by atoms with Crippen LogP contribution in [0, 0.1) is 5.92 Å². The summed E-state index contributed by atoms with van der Waals surface area (Å²) in [6, 6.07) is 4.88. The van der Waals surface area contributed by atoms with E-state index >= 15 is 0 Å². The first-order valence-corrected chi connectivity index (χ1v) is 8.43.